The molecule has 162 valence electrons. The zero-order chi connectivity index (χ0) is 21.4. The van der Waals surface area contributed by atoms with Crippen LogP contribution in [0.5, 0.6) is 0 Å². The molecule has 0 radical (unpaired) electrons. The predicted octanol–water partition coefficient (Wildman–Crippen LogP) is 2.99. The summed E-state index contributed by atoms with van der Waals surface area (Å²) in [6.07, 6.45) is 5.60. The van der Waals surface area contributed by atoms with Crippen molar-refractivity contribution in [3.8, 4) is 0 Å². The van der Waals surface area contributed by atoms with E-state index in [1.54, 1.807) is 24.4 Å². The third-order valence-corrected chi connectivity index (χ3v) is 6.86. The number of rotatable bonds is 4. The van der Waals surface area contributed by atoms with Crippen molar-refractivity contribution < 1.29 is 14.0 Å². The van der Waals surface area contributed by atoms with Crippen LogP contribution in [0.25, 0.3) is 0 Å². The molecule has 6 nitrogen and oxygen atoms in total. The highest BCUT2D eigenvalue weighted by Crippen LogP contribution is 2.38. The van der Waals surface area contributed by atoms with Gasteiger partial charge in [0.15, 0.2) is 0 Å². The highest BCUT2D eigenvalue weighted by molar-refractivity contribution is 5.94. The van der Waals surface area contributed by atoms with Crippen LogP contribution in [0.1, 0.15) is 41.6 Å². The van der Waals surface area contributed by atoms with Gasteiger partial charge >= 0.3 is 0 Å². The van der Waals surface area contributed by atoms with E-state index >= 15 is 0 Å². The second-order valence-electron chi connectivity index (χ2n) is 8.99. The molecule has 2 bridgehead atoms. The average Bonchev–Trinajstić information content (AvgIpc) is 2.78. The number of anilines is 1. The van der Waals surface area contributed by atoms with Gasteiger partial charge in [-0.3, -0.25) is 9.59 Å². The molecule has 2 unspecified atom stereocenters. The summed E-state index contributed by atoms with van der Waals surface area (Å²) >= 11 is 0. The maximum absolute atomic E-state index is 13.3. The number of halogens is 1. The Morgan fingerprint density at radius 3 is 2.90 bits per heavy atom. The van der Waals surface area contributed by atoms with Gasteiger partial charge in [-0.1, -0.05) is 12.1 Å². The zero-order valence-electron chi connectivity index (χ0n) is 17.5. The van der Waals surface area contributed by atoms with Crippen LogP contribution >= 0.6 is 0 Å². The standard InChI is InChI=1S/C24H27FN4O2/c25-20-4-1-3-16(10-20)11-27-24(31)18-7-8-22(26-12-18)28-13-17-9-19(15-28)21-5-2-6-23(30)29(21)14-17/h1,3-4,7-8,10,12,17,19,21H,2,5-6,9,11,13-15H2,(H,27,31)/t17?,19?,21-/m1/s1. The van der Waals surface area contributed by atoms with E-state index in [0.717, 1.165) is 38.3 Å². The van der Waals surface area contributed by atoms with Crippen molar-refractivity contribution in [3.63, 3.8) is 0 Å². The van der Waals surface area contributed by atoms with E-state index in [1.807, 2.05) is 6.07 Å². The predicted molar refractivity (Wildman–Crippen MR) is 115 cm³/mol. The first-order chi connectivity index (χ1) is 15.1. The second-order valence-corrected chi connectivity index (χ2v) is 8.99. The number of nitrogens with one attached hydrogen (secondary N) is 1. The van der Waals surface area contributed by atoms with E-state index in [1.165, 1.54) is 18.6 Å². The largest absolute Gasteiger partial charge is 0.356 e. The first-order valence-corrected chi connectivity index (χ1v) is 11.1. The number of pyridine rings is 1. The Balaban J connectivity index is 1.22. The van der Waals surface area contributed by atoms with Crippen LogP contribution in [0, 0.1) is 17.7 Å². The molecule has 0 spiro atoms. The maximum atomic E-state index is 13.3. The summed E-state index contributed by atoms with van der Waals surface area (Å²) in [4.78, 5) is 33.8. The molecule has 31 heavy (non-hydrogen) atoms. The van der Waals surface area contributed by atoms with Gasteiger partial charge in [-0.25, -0.2) is 9.37 Å². The molecule has 2 aromatic rings. The molecule has 4 heterocycles. The Hall–Kier alpha value is -2.96. The second kappa shape index (κ2) is 8.29. The molecule has 3 fully saturated rings. The van der Waals surface area contributed by atoms with Gasteiger partial charge in [0.25, 0.3) is 5.91 Å². The lowest BCUT2D eigenvalue weighted by Gasteiger charge is -2.52. The van der Waals surface area contributed by atoms with Crippen LogP contribution in [0.3, 0.4) is 0 Å². The van der Waals surface area contributed by atoms with Crippen LogP contribution in [0.2, 0.25) is 0 Å². The van der Waals surface area contributed by atoms with Gasteiger partial charge < -0.3 is 15.1 Å². The molecule has 1 aromatic carbocycles. The number of carbonyl (C=O) groups excluding carboxylic acids is 2. The molecular formula is C24H27FN4O2. The summed E-state index contributed by atoms with van der Waals surface area (Å²) in [6, 6.07) is 10.3. The smallest absolute Gasteiger partial charge is 0.253 e. The monoisotopic (exact) mass is 422 g/mol. The van der Waals surface area contributed by atoms with Crippen molar-refractivity contribution in [2.45, 2.75) is 38.3 Å². The summed E-state index contributed by atoms with van der Waals surface area (Å²) in [5, 5.41) is 2.81. The molecular weight excluding hydrogens is 395 g/mol. The highest BCUT2D eigenvalue weighted by Gasteiger charge is 2.44. The number of carbonyl (C=O) groups is 2. The molecule has 0 aliphatic carbocycles. The molecule has 2 amide bonds. The third kappa shape index (κ3) is 4.13. The lowest BCUT2D eigenvalue weighted by Crippen LogP contribution is -2.60. The van der Waals surface area contributed by atoms with Crippen LogP contribution in [-0.2, 0) is 11.3 Å². The topological polar surface area (TPSA) is 65.5 Å². The van der Waals surface area contributed by atoms with Crippen molar-refractivity contribution in [1.29, 1.82) is 0 Å². The molecule has 3 aliphatic rings. The Kier molecular flexibility index (Phi) is 5.34. The first-order valence-electron chi connectivity index (χ1n) is 11.1. The van der Waals surface area contributed by atoms with Gasteiger partial charge in [0.1, 0.15) is 11.6 Å². The lowest BCUT2D eigenvalue weighted by atomic mass is 9.76. The number of aromatic nitrogens is 1. The molecule has 1 N–H and O–H groups in total. The van der Waals surface area contributed by atoms with Crippen molar-refractivity contribution in [3.05, 3.63) is 59.5 Å². The van der Waals surface area contributed by atoms with E-state index in [4.69, 9.17) is 0 Å². The van der Waals surface area contributed by atoms with Gasteiger partial charge in [-0.15, -0.1) is 0 Å². The van der Waals surface area contributed by atoms with Crippen LogP contribution in [-0.4, -0.2) is 47.4 Å². The minimum Gasteiger partial charge on any atom is -0.356 e. The van der Waals surface area contributed by atoms with E-state index in [0.29, 0.717) is 41.3 Å². The van der Waals surface area contributed by atoms with E-state index in [-0.39, 0.29) is 18.3 Å². The number of amides is 2. The SMILES string of the molecule is O=C(NCc1cccc(F)c1)c1ccc(N2CC3CC(C2)[C@H]2CCCC(=O)N2C3)nc1. The van der Waals surface area contributed by atoms with Crippen molar-refractivity contribution in [2.75, 3.05) is 24.5 Å². The molecule has 3 atom stereocenters. The number of fused-ring (bicyclic) bond motifs is 4. The molecule has 1 aromatic heterocycles. The Labute approximate surface area is 181 Å². The van der Waals surface area contributed by atoms with Gasteiger partial charge in [0.05, 0.1) is 5.56 Å². The summed E-state index contributed by atoms with van der Waals surface area (Å²) in [5.41, 5.74) is 1.20. The first kappa shape index (κ1) is 20.0. The van der Waals surface area contributed by atoms with Gasteiger partial charge in [0.2, 0.25) is 5.91 Å². The fourth-order valence-electron chi connectivity index (χ4n) is 5.44. The summed E-state index contributed by atoms with van der Waals surface area (Å²) in [7, 11) is 0. The van der Waals surface area contributed by atoms with Crippen molar-refractivity contribution in [2.24, 2.45) is 11.8 Å². The van der Waals surface area contributed by atoms with Gasteiger partial charge in [0, 0.05) is 44.8 Å². The van der Waals surface area contributed by atoms with Crippen LogP contribution < -0.4 is 10.2 Å². The number of nitrogens with zero attached hydrogens (tertiary/aromatic N) is 3. The van der Waals surface area contributed by atoms with Gasteiger partial charge in [-0.2, -0.15) is 0 Å². The van der Waals surface area contributed by atoms with Gasteiger partial charge in [-0.05, 0) is 60.9 Å². The van der Waals surface area contributed by atoms with Crippen LogP contribution in [0.4, 0.5) is 10.2 Å². The third-order valence-electron chi connectivity index (χ3n) is 6.86. The fourth-order valence-corrected chi connectivity index (χ4v) is 5.44. The molecule has 3 aliphatic heterocycles. The molecule has 0 saturated carbocycles. The van der Waals surface area contributed by atoms with E-state index in [9.17, 15) is 14.0 Å². The van der Waals surface area contributed by atoms with Crippen LogP contribution in [0.15, 0.2) is 42.6 Å². The van der Waals surface area contributed by atoms with E-state index < -0.39 is 0 Å². The number of piperidine rings is 3. The van der Waals surface area contributed by atoms with Crippen molar-refractivity contribution in [1.82, 2.24) is 15.2 Å². The quantitative estimate of drug-likeness (QED) is 0.823. The Bertz CT molecular complexity index is 980. The van der Waals surface area contributed by atoms with Crippen molar-refractivity contribution >= 4 is 17.6 Å². The zero-order valence-corrected chi connectivity index (χ0v) is 17.5. The number of hydrogen-bond acceptors (Lipinski definition) is 4. The molecule has 5 rings (SSSR count). The Morgan fingerprint density at radius 2 is 2.10 bits per heavy atom. The average molecular weight is 423 g/mol. The molecule has 7 heteroatoms. The number of benzene rings is 1. The van der Waals surface area contributed by atoms with E-state index in [2.05, 4.69) is 20.1 Å². The summed E-state index contributed by atoms with van der Waals surface area (Å²) < 4.78 is 13.3. The Morgan fingerprint density at radius 1 is 1.19 bits per heavy atom. The highest BCUT2D eigenvalue weighted by atomic mass is 19.1. The molecule has 3 saturated heterocycles. The lowest BCUT2D eigenvalue weighted by molar-refractivity contribution is -0.142. The number of hydrogen-bond donors (Lipinski definition) is 1. The normalized spacial score (nSPS) is 25.2. The minimum absolute atomic E-state index is 0.227. The minimum atomic E-state index is -0.315. The fraction of sp³-hybridized carbons (Fsp3) is 0.458. The summed E-state index contributed by atoms with van der Waals surface area (Å²) in [6.45, 7) is 2.93. The summed E-state index contributed by atoms with van der Waals surface area (Å²) in [5.74, 6) is 1.64. The maximum Gasteiger partial charge on any atom is 0.253 e.